The Kier molecular flexibility index (Phi) is 2.82. The molecule has 0 saturated heterocycles. The molecule has 0 N–H and O–H groups in total. The fourth-order valence-corrected chi connectivity index (χ4v) is 1.10. The highest BCUT2D eigenvalue weighted by Crippen LogP contribution is 2.07. The van der Waals surface area contributed by atoms with Gasteiger partial charge in [-0.15, -0.1) is 0 Å². The lowest BCUT2D eigenvalue weighted by Gasteiger charge is -2.01. The molecular formula is C7H9N2O3S. The predicted molar refractivity (Wildman–Crippen MR) is 46.6 cm³/mol. The van der Waals surface area contributed by atoms with E-state index in [-0.39, 0.29) is 5.88 Å². The molecule has 1 aromatic heterocycles. The van der Waals surface area contributed by atoms with Crippen molar-refractivity contribution in [2.45, 2.75) is 6.92 Å². The molecule has 6 heteroatoms. The lowest BCUT2D eigenvalue weighted by atomic mass is 10.4. The van der Waals surface area contributed by atoms with Crippen molar-refractivity contribution < 1.29 is 12.6 Å². The van der Waals surface area contributed by atoms with E-state index in [2.05, 4.69) is 14.2 Å². The third-order valence-corrected chi connectivity index (χ3v) is 1.62. The van der Waals surface area contributed by atoms with Crippen LogP contribution in [0.4, 0.5) is 0 Å². The highest BCUT2D eigenvalue weighted by molar-refractivity contribution is 7.86. The van der Waals surface area contributed by atoms with Gasteiger partial charge < -0.3 is 4.18 Å². The second-order valence-electron chi connectivity index (χ2n) is 2.33. The van der Waals surface area contributed by atoms with Crippen molar-refractivity contribution in [1.29, 1.82) is 0 Å². The Morgan fingerprint density at radius 2 is 2.23 bits per heavy atom. The minimum atomic E-state index is -3.51. The van der Waals surface area contributed by atoms with Crippen LogP contribution in [-0.4, -0.2) is 24.6 Å². The quantitative estimate of drug-likeness (QED) is 0.661. The first-order valence-corrected chi connectivity index (χ1v) is 5.35. The van der Waals surface area contributed by atoms with Crippen molar-refractivity contribution in [3.8, 4) is 5.88 Å². The van der Waals surface area contributed by atoms with E-state index >= 15 is 0 Å². The maximum atomic E-state index is 10.7. The summed E-state index contributed by atoms with van der Waals surface area (Å²) in [6.45, 7) is 1.75. The molecule has 0 aromatic carbocycles. The molecule has 13 heavy (non-hydrogen) atoms. The number of hydrogen-bond acceptors (Lipinski definition) is 5. The minimum absolute atomic E-state index is 0.0330. The Labute approximate surface area is 76.9 Å². The van der Waals surface area contributed by atoms with Gasteiger partial charge in [-0.3, -0.25) is 0 Å². The second-order valence-corrected chi connectivity index (χ2v) is 3.90. The molecule has 1 aromatic rings. The number of aromatic nitrogens is 2. The van der Waals surface area contributed by atoms with E-state index in [9.17, 15) is 8.42 Å². The molecule has 0 spiro atoms. The molecule has 0 aliphatic carbocycles. The molecule has 0 atom stereocenters. The number of hydrogen-bond donors (Lipinski definition) is 0. The maximum absolute atomic E-state index is 10.7. The zero-order valence-electron chi connectivity index (χ0n) is 7.26. The van der Waals surface area contributed by atoms with Crippen LogP contribution in [0.15, 0.2) is 12.3 Å². The highest BCUT2D eigenvalue weighted by atomic mass is 32.2. The molecule has 1 radical (unpaired) electrons. The minimum Gasteiger partial charge on any atom is -0.362 e. The lowest BCUT2D eigenvalue weighted by molar-refractivity contribution is 0.481. The highest BCUT2D eigenvalue weighted by Gasteiger charge is 2.05. The summed E-state index contributed by atoms with van der Waals surface area (Å²) < 4.78 is 26.0. The van der Waals surface area contributed by atoms with Gasteiger partial charge in [-0.1, -0.05) is 6.92 Å². The zero-order valence-corrected chi connectivity index (χ0v) is 8.08. The second kappa shape index (κ2) is 3.69. The Balaban J connectivity index is 2.90. The van der Waals surface area contributed by atoms with Crippen molar-refractivity contribution in [2.75, 3.05) is 6.26 Å². The summed E-state index contributed by atoms with van der Waals surface area (Å²) >= 11 is 0. The van der Waals surface area contributed by atoms with Gasteiger partial charge in [-0.25, -0.2) is 4.98 Å². The van der Waals surface area contributed by atoms with E-state index in [4.69, 9.17) is 0 Å². The molecule has 0 aliphatic heterocycles. The fraction of sp³-hybridized carbons (Fsp3) is 0.286. The average Bonchev–Trinajstić information content (AvgIpc) is 2.01. The molecule has 1 rings (SSSR count). The first-order valence-electron chi connectivity index (χ1n) is 3.53. The molecule has 5 nitrogen and oxygen atoms in total. The third kappa shape index (κ3) is 3.37. The summed E-state index contributed by atoms with van der Waals surface area (Å²) in [6.07, 6.45) is 4.04. The standard InChI is InChI=1S/C7H9N2O3S/c1-3-6-8-5-4-7(9-6)12-13(2,10)11/h3-5H,1-2H3. The van der Waals surface area contributed by atoms with Gasteiger partial charge in [0.15, 0.2) is 0 Å². The third-order valence-electron chi connectivity index (χ3n) is 1.14. The van der Waals surface area contributed by atoms with Gasteiger partial charge in [0.05, 0.1) is 6.26 Å². The van der Waals surface area contributed by atoms with E-state index < -0.39 is 10.1 Å². The SMILES string of the molecule is C[CH]c1nccc(OS(C)(=O)=O)n1. The molecule has 71 valence electrons. The van der Waals surface area contributed by atoms with Crippen LogP contribution in [0.1, 0.15) is 12.7 Å². The summed E-state index contributed by atoms with van der Waals surface area (Å²) in [5.74, 6) is 0.465. The van der Waals surface area contributed by atoms with Crippen LogP contribution in [0.2, 0.25) is 0 Å². The zero-order chi connectivity index (χ0) is 9.90. The molecule has 0 bridgehead atoms. The van der Waals surface area contributed by atoms with Crippen LogP contribution in [0, 0.1) is 6.42 Å². The number of rotatable bonds is 3. The van der Waals surface area contributed by atoms with Gasteiger partial charge in [0, 0.05) is 18.7 Å². The van der Waals surface area contributed by atoms with Gasteiger partial charge in [0.25, 0.3) is 0 Å². The van der Waals surface area contributed by atoms with Gasteiger partial charge in [-0.05, 0) is 0 Å². The monoisotopic (exact) mass is 201 g/mol. The molecule has 0 saturated carbocycles. The van der Waals surface area contributed by atoms with Crippen molar-refractivity contribution in [2.24, 2.45) is 0 Å². The molecule has 1 heterocycles. The van der Waals surface area contributed by atoms with Gasteiger partial charge in [0.1, 0.15) is 5.82 Å². The first kappa shape index (κ1) is 9.91. The van der Waals surface area contributed by atoms with Crippen LogP contribution in [-0.2, 0) is 10.1 Å². The predicted octanol–water partition coefficient (Wildman–Crippen LogP) is 0.387. The van der Waals surface area contributed by atoms with E-state index in [1.165, 1.54) is 12.3 Å². The Morgan fingerprint density at radius 3 is 2.77 bits per heavy atom. The summed E-state index contributed by atoms with van der Waals surface area (Å²) in [5.41, 5.74) is 0. The Bertz CT molecular complexity index is 388. The molecule has 0 unspecified atom stereocenters. The summed E-state index contributed by atoms with van der Waals surface area (Å²) in [4.78, 5) is 7.65. The smallest absolute Gasteiger partial charge is 0.307 e. The van der Waals surface area contributed by atoms with E-state index in [1.54, 1.807) is 13.3 Å². The largest absolute Gasteiger partial charge is 0.362 e. The van der Waals surface area contributed by atoms with Crippen molar-refractivity contribution in [1.82, 2.24) is 9.97 Å². The summed E-state index contributed by atoms with van der Waals surface area (Å²) in [6, 6.07) is 1.38. The normalized spacial score (nSPS) is 11.2. The van der Waals surface area contributed by atoms with E-state index in [0.29, 0.717) is 5.82 Å². The van der Waals surface area contributed by atoms with Crippen LogP contribution in [0.3, 0.4) is 0 Å². The topological polar surface area (TPSA) is 69.2 Å². The molecule has 0 fully saturated rings. The Morgan fingerprint density at radius 1 is 1.54 bits per heavy atom. The molecular weight excluding hydrogens is 192 g/mol. The van der Waals surface area contributed by atoms with Crippen LogP contribution in [0.5, 0.6) is 5.88 Å². The summed E-state index contributed by atoms with van der Waals surface area (Å²) in [5, 5.41) is 0. The maximum Gasteiger partial charge on any atom is 0.307 e. The Hall–Kier alpha value is -1.17. The van der Waals surface area contributed by atoms with E-state index in [1.807, 2.05) is 0 Å². The van der Waals surface area contributed by atoms with Gasteiger partial charge in [0.2, 0.25) is 5.88 Å². The van der Waals surface area contributed by atoms with Crippen molar-refractivity contribution in [3.05, 3.63) is 24.5 Å². The number of nitrogens with zero attached hydrogens (tertiary/aromatic N) is 2. The van der Waals surface area contributed by atoms with Crippen molar-refractivity contribution >= 4 is 10.1 Å². The first-order chi connectivity index (χ1) is 6.01. The van der Waals surface area contributed by atoms with Gasteiger partial charge in [-0.2, -0.15) is 13.4 Å². The average molecular weight is 201 g/mol. The molecule has 0 amide bonds. The van der Waals surface area contributed by atoms with Crippen molar-refractivity contribution in [3.63, 3.8) is 0 Å². The van der Waals surface area contributed by atoms with Crippen LogP contribution in [0.25, 0.3) is 0 Å². The van der Waals surface area contributed by atoms with E-state index in [0.717, 1.165) is 6.26 Å². The fourth-order valence-electron chi connectivity index (χ4n) is 0.697. The summed E-state index contributed by atoms with van der Waals surface area (Å²) in [7, 11) is -3.51. The van der Waals surface area contributed by atoms with Gasteiger partial charge >= 0.3 is 10.1 Å². The molecule has 0 aliphatic rings. The van der Waals surface area contributed by atoms with Crippen LogP contribution >= 0.6 is 0 Å². The lowest BCUT2D eigenvalue weighted by Crippen LogP contribution is -2.07. The van der Waals surface area contributed by atoms with Crippen LogP contribution < -0.4 is 4.18 Å².